The van der Waals surface area contributed by atoms with Crippen LogP contribution in [0.1, 0.15) is 5.69 Å². The molecule has 0 spiro atoms. The quantitative estimate of drug-likeness (QED) is 0.751. The summed E-state index contributed by atoms with van der Waals surface area (Å²) in [5.41, 5.74) is 2.47. The van der Waals surface area contributed by atoms with Crippen molar-refractivity contribution in [2.24, 2.45) is 0 Å². The molecule has 3 rings (SSSR count). The Morgan fingerprint density at radius 2 is 2.17 bits per heavy atom. The first-order chi connectivity index (χ1) is 8.63. The van der Waals surface area contributed by atoms with E-state index >= 15 is 0 Å². The van der Waals surface area contributed by atoms with E-state index in [9.17, 15) is 4.79 Å². The number of nitrogens with one attached hydrogen (secondary N) is 1. The Morgan fingerprint density at radius 3 is 2.94 bits per heavy atom. The van der Waals surface area contributed by atoms with Crippen LogP contribution in [0.25, 0.3) is 17.0 Å². The number of aromatic amines is 1. The van der Waals surface area contributed by atoms with E-state index in [2.05, 4.69) is 25.9 Å². The molecule has 0 saturated carbocycles. The van der Waals surface area contributed by atoms with E-state index < -0.39 is 0 Å². The van der Waals surface area contributed by atoms with Crippen LogP contribution in [0.5, 0.6) is 0 Å². The van der Waals surface area contributed by atoms with Crippen molar-refractivity contribution < 1.29 is 0 Å². The molecule has 4 nitrogen and oxygen atoms in total. The van der Waals surface area contributed by atoms with Crippen LogP contribution in [0.4, 0.5) is 0 Å². The lowest BCUT2D eigenvalue weighted by Crippen LogP contribution is -2.12. The molecule has 0 atom stereocenters. The highest BCUT2D eigenvalue weighted by atomic mass is 79.9. The van der Waals surface area contributed by atoms with E-state index in [0.717, 1.165) is 21.4 Å². The van der Waals surface area contributed by atoms with E-state index in [1.165, 1.54) is 4.40 Å². The average molecular weight is 304 g/mol. The zero-order valence-electron chi connectivity index (χ0n) is 9.64. The van der Waals surface area contributed by atoms with Gasteiger partial charge in [-0.05, 0) is 19.1 Å². The smallest absolute Gasteiger partial charge is 0.259 e. The van der Waals surface area contributed by atoms with Crippen LogP contribution in [0.15, 0.2) is 45.8 Å². The van der Waals surface area contributed by atoms with Crippen molar-refractivity contribution in [3.8, 4) is 11.3 Å². The normalized spacial score (nSPS) is 11.0. The SMILES string of the molecule is Cc1cc(=O)n2cc(-c3cccc(Br)c3)nc2[nH]1. The predicted molar refractivity (Wildman–Crippen MR) is 73.7 cm³/mol. The molecule has 0 bridgehead atoms. The Hall–Kier alpha value is -1.88. The van der Waals surface area contributed by atoms with Gasteiger partial charge in [-0.1, -0.05) is 28.1 Å². The van der Waals surface area contributed by atoms with E-state index in [1.54, 1.807) is 12.3 Å². The highest BCUT2D eigenvalue weighted by Crippen LogP contribution is 2.21. The molecule has 5 heteroatoms. The molecule has 0 fully saturated rings. The van der Waals surface area contributed by atoms with Crippen molar-refractivity contribution >= 4 is 21.7 Å². The van der Waals surface area contributed by atoms with Gasteiger partial charge in [0, 0.05) is 28.0 Å². The summed E-state index contributed by atoms with van der Waals surface area (Å²) in [6.07, 6.45) is 1.75. The van der Waals surface area contributed by atoms with E-state index in [4.69, 9.17) is 0 Å². The van der Waals surface area contributed by atoms with Crippen molar-refractivity contribution in [2.45, 2.75) is 6.92 Å². The van der Waals surface area contributed by atoms with Gasteiger partial charge in [-0.15, -0.1) is 0 Å². The van der Waals surface area contributed by atoms with Gasteiger partial charge < -0.3 is 4.98 Å². The number of halogens is 1. The number of benzene rings is 1. The molecule has 0 radical (unpaired) electrons. The summed E-state index contributed by atoms with van der Waals surface area (Å²) in [5.74, 6) is 0.565. The van der Waals surface area contributed by atoms with Crippen LogP contribution >= 0.6 is 15.9 Å². The number of hydrogen-bond acceptors (Lipinski definition) is 2. The molecule has 0 unspecified atom stereocenters. The molecule has 90 valence electrons. The fourth-order valence-corrected chi connectivity index (χ4v) is 2.29. The van der Waals surface area contributed by atoms with Crippen molar-refractivity contribution in [1.82, 2.24) is 14.4 Å². The molecule has 1 N–H and O–H groups in total. The van der Waals surface area contributed by atoms with Gasteiger partial charge in [0.25, 0.3) is 5.56 Å². The number of H-pyrrole nitrogens is 1. The Bertz CT molecular complexity index is 788. The number of hydrogen-bond donors (Lipinski definition) is 1. The zero-order valence-corrected chi connectivity index (χ0v) is 11.2. The number of fused-ring (bicyclic) bond motifs is 1. The first-order valence-electron chi connectivity index (χ1n) is 5.48. The maximum Gasteiger partial charge on any atom is 0.259 e. The topological polar surface area (TPSA) is 50.2 Å². The first kappa shape index (κ1) is 11.2. The predicted octanol–water partition coefficient (Wildman–Crippen LogP) is 2.76. The largest absolute Gasteiger partial charge is 0.329 e. The van der Waals surface area contributed by atoms with E-state index in [1.807, 2.05) is 31.2 Å². The third-order valence-electron chi connectivity index (χ3n) is 2.71. The van der Waals surface area contributed by atoms with Gasteiger partial charge in [-0.25, -0.2) is 4.98 Å². The summed E-state index contributed by atoms with van der Waals surface area (Å²) in [6, 6.07) is 9.38. The number of aryl methyl sites for hydroxylation is 1. The van der Waals surface area contributed by atoms with Crippen LogP contribution in [0.2, 0.25) is 0 Å². The van der Waals surface area contributed by atoms with Gasteiger partial charge in [0.1, 0.15) is 0 Å². The average Bonchev–Trinajstić information content (AvgIpc) is 2.73. The van der Waals surface area contributed by atoms with Crippen LogP contribution < -0.4 is 5.56 Å². The molecule has 18 heavy (non-hydrogen) atoms. The molecule has 0 amide bonds. The van der Waals surface area contributed by atoms with Crippen molar-refractivity contribution in [2.75, 3.05) is 0 Å². The lowest BCUT2D eigenvalue weighted by molar-refractivity contribution is 1.02. The Labute approximate surface area is 111 Å². The number of rotatable bonds is 1. The Morgan fingerprint density at radius 1 is 1.33 bits per heavy atom. The zero-order chi connectivity index (χ0) is 12.7. The number of imidazole rings is 1. The summed E-state index contributed by atoms with van der Waals surface area (Å²) in [6.45, 7) is 1.84. The van der Waals surface area contributed by atoms with Gasteiger partial charge in [-0.3, -0.25) is 9.20 Å². The molecular weight excluding hydrogens is 294 g/mol. The van der Waals surface area contributed by atoms with Gasteiger partial charge in [0.05, 0.1) is 5.69 Å². The van der Waals surface area contributed by atoms with Crippen LogP contribution in [-0.2, 0) is 0 Å². The second kappa shape index (κ2) is 4.10. The highest BCUT2D eigenvalue weighted by Gasteiger charge is 2.07. The third-order valence-corrected chi connectivity index (χ3v) is 3.21. The van der Waals surface area contributed by atoms with Crippen LogP contribution in [0, 0.1) is 6.92 Å². The maximum absolute atomic E-state index is 11.8. The summed E-state index contributed by atoms with van der Waals surface area (Å²) in [5, 5.41) is 0. The molecule has 2 aromatic heterocycles. The summed E-state index contributed by atoms with van der Waals surface area (Å²) >= 11 is 3.43. The summed E-state index contributed by atoms with van der Waals surface area (Å²) in [4.78, 5) is 19.3. The lowest BCUT2D eigenvalue weighted by atomic mass is 10.2. The van der Waals surface area contributed by atoms with E-state index in [-0.39, 0.29) is 5.56 Å². The molecule has 3 aromatic rings. The summed E-state index contributed by atoms with van der Waals surface area (Å²) in [7, 11) is 0. The van der Waals surface area contributed by atoms with Crippen molar-refractivity contribution in [1.29, 1.82) is 0 Å². The fourth-order valence-electron chi connectivity index (χ4n) is 1.89. The Kier molecular flexibility index (Phi) is 2.56. The summed E-state index contributed by atoms with van der Waals surface area (Å²) < 4.78 is 2.50. The maximum atomic E-state index is 11.8. The molecular formula is C13H10BrN3O. The standard InChI is InChI=1S/C13H10BrN3O/c1-8-5-12(18)17-7-11(16-13(17)15-8)9-3-2-4-10(14)6-9/h2-7H,1H3,(H,15,16). The van der Waals surface area contributed by atoms with Gasteiger partial charge in [0.15, 0.2) is 0 Å². The number of aromatic nitrogens is 3. The van der Waals surface area contributed by atoms with Gasteiger partial charge in [-0.2, -0.15) is 0 Å². The van der Waals surface area contributed by atoms with Crippen LogP contribution in [-0.4, -0.2) is 14.4 Å². The lowest BCUT2D eigenvalue weighted by Gasteiger charge is -1.95. The van der Waals surface area contributed by atoms with E-state index in [0.29, 0.717) is 5.78 Å². The van der Waals surface area contributed by atoms with Gasteiger partial charge >= 0.3 is 0 Å². The minimum atomic E-state index is -0.0741. The Balaban J connectivity index is 2.26. The molecule has 0 aliphatic heterocycles. The highest BCUT2D eigenvalue weighted by molar-refractivity contribution is 9.10. The second-order valence-corrected chi connectivity index (χ2v) is 5.04. The van der Waals surface area contributed by atoms with Crippen molar-refractivity contribution in [3.63, 3.8) is 0 Å². The molecule has 1 aromatic carbocycles. The van der Waals surface area contributed by atoms with Crippen LogP contribution in [0.3, 0.4) is 0 Å². The third kappa shape index (κ3) is 1.86. The minimum Gasteiger partial charge on any atom is -0.329 e. The monoisotopic (exact) mass is 303 g/mol. The fraction of sp³-hybridized carbons (Fsp3) is 0.0769. The van der Waals surface area contributed by atoms with Crippen molar-refractivity contribution in [3.05, 3.63) is 57.0 Å². The molecule has 0 aliphatic rings. The molecule has 2 heterocycles. The first-order valence-corrected chi connectivity index (χ1v) is 6.28. The molecule has 0 aliphatic carbocycles. The van der Waals surface area contributed by atoms with Gasteiger partial charge in [0.2, 0.25) is 5.78 Å². The second-order valence-electron chi connectivity index (χ2n) is 4.12. The number of nitrogens with zero attached hydrogens (tertiary/aromatic N) is 2. The minimum absolute atomic E-state index is 0.0741. The molecule has 0 saturated heterocycles.